The zero-order valence-corrected chi connectivity index (χ0v) is 13.3. The molecule has 8 heteroatoms. The second kappa shape index (κ2) is 7.58. The maximum Gasteiger partial charge on any atom is 0.337 e. The highest BCUT2D eigenvalue weighted by atomic mass is 16.5. The number of amides is 1. The van der Waals surface area contributed by atoms with E-state index in [4.69, 9.17) is 4.74 Å². The van der Waals surface area contributed by atoms with Crippen LogP contribution >= 0.6 is 0 Å². The zero-order valence-electron chi connectivity index (χ0n) is 13.3. The van der Waals surface area contributed by atoms with E-state index in [1.165, 1.54) is 32.4 Å². The fraction of sp³-hybridized carbons (Fsp3) is 0.375. The van der Waals surface area contributed by atoms with Crippen molar-refractivity contribution < 1.29 is 33.4 Å². The molecule has 128 valence electrons. The number of rotatable bonds is 6. The molecule has 0 saturated heterocycles. The monoisotopic (exact) mass is 335 g/mol. The van der Waals surface area contributed by atoms with Crippen molar-refractivity contribution in [3.05, 3.63) is 29.3 Å². The molecular weight excluding hydrogens is 318 g/mol. The van der Waals surface area contributed by atoms with Gasteiger partial charge in [0.05, 0.1) is 31.3 Å². The molecule has 8 nitrogen and oxygen atoms in total. The second-order valence-electron chi connectivity index (χ2n) is 5.21. The molecule has 0 radical (unpaired) electrons. The molecule has 0 bridgehead atoms. The highest BCUT2D eigenvalue weighted by Crippen LogP contribution is 2.30. The third-order valence-corrected chi connectivity index (χ3v) is 3.32. The Morgan fingerprint density at radius 2 is 1.54 bits per heavy atom. The number of nitrogens with one attached hydrogen (secondary N) is 1. The van der Waals surface area contributed by atoms with Crippen LogP contribution < -0.4 is 5.32 Å². The Morgan fingerprint density at radius 1 is 1.00 bits per heavy atom. The van der Waals surface area contributed by atoms with Gasteiger partial charge in [0.15, 0.2) is 6.61 Å². The molecule has 1 N–H and O–H groups in total. The molecule has 1 aromatic carbocycles. The first kappa shape index (κ1) is 17.5. The lowest BCUT2D eigenvalue weighted by atomic mass is 10.1. The van der Waals surface area contributed by atoms with Gasteiger partial charge in [-0.1, -0.05) is 0 Å². The number of hydrogen-bond donors (Lipinski definition) is 1. The van der Waals surface area contributed by atoms with E-state index in [1.54, 1.807) is 0 Å². The number of ether oxygens (including phenoxy) is 3. The van der Waals surface area contributed by atoms with Gasteiger partial charge in [-0.15, -0.1) is 0 Å². The Balaban J connectivity index is 2.09. The van der Waals surface area contributed by atoms with Gasteiger partial charge < -0.3 is 19.5 Å². The molecule has 1 aliphatic rings. The molecule has 0 aliphatic heterocycles. The molecule has 0 heterocycles. The molecule has 0 atom stereocenters. The van der Waals surface area contributed by atoms with Crippen LogP contribution in [0.15, 0.2) is 18.2 Å². The number of benzene rings is 1. The lowest BCUT2D eigenvalue weighted by molar-refractivity contribution is -0.148. The smallest absolute Gasteiger partial charge is 0.337 e. The van der Waals surface area contributed by atoms with Gasteiger partial charge in [0.1, 0.15) is 0 Å². The Labute approximate surface area is 138 Å². The van der Waals surface area contributed by atoms with Crippen LogP contribution in [-0.2, 0) is 23.8 Å². The normalized spacial score (nSPS) is 12.9. The first-order valence-electron chi connectivity index (χ1n) is 7.22. The molecule has 0 spiro atoms. The quantitative estimate of drug-likeness (QED) is 0.613. The molecule has 2 rings (SSSR count). The van der Waals surface area contributed by atoms with Gasteiger partial charge in [0.25, 0.3) is 5.91 Å². The minimum absolute atomic E-state index is 0.0747. The number of methoxy groups -OCH3 is 2. The van der Waals surface area contributed by atoms with Crippen LogP contribution in [0.25, 0.3) is 0 Å². The summed E-state index contributed by atoms with van der Waals surface area (Å²) in [5.74, 6) is -2.43. The number of esters is 3. The molecule has 0 unspecified atom stereocenters. The summed E-state index contributed by atoms with van der Waals surface area (Å²) in [5.41, 5.74) is 0.335. The average Bonchev–Trinajstić information content (AvgIpc) is 3.42. The number of anilines is 1. The lowest BCUT2D eigenvalue weighted by Gasteiger charge is -2.10. The molecule has 24 heavy (non-hydrogen) atoms. The SMILES string of the molecule is COC(=O)c1cc(NC(=O)COC(=O)C2CC2)cc(C(=O)OC)c1. The third-order valence-electron chi connectivity index (χ3n) is 3.32. The average molecular weight is 335 g/mol. The second-order valence-corrected chi connectivity index (χ2v) is 5.21. The number of carbonyl (C=O) groups excluding carboxylic acids is 4. The van der Waals surface area contributed by atoms with Gasteiger partial charge in [-0.3, -0.25) is 9.59 Å². The minimum Gasteiger partial charge on any atom is -0.465 e. The number of hydrogen-bond acceptors (Lipinski definition) is 7. The van der Waals surface area contributed by atoms with Crippen molar-refractivity contribution in [3.63, 3.8) is 0 Å². The van der Waals surface area contributed by atoms with Crippen molar-refractivity contribution in [1.29, 1.82) is 0 Å². The summed E-state index contributed by atoms with van der Waals surface area (Å²) in [4.78, 5) is 46.6. The third kappa shape index (κ3) is 4.55. The van der Waals surface area contributed by atoms with Gasteiger partial charge in [-0.2, -0.15) is 0 Å². The highest BCUT2D eigenvalue weighted by molar-refractivity contribution is 6.00. The van der Waals surface area contributed by atoms with E-state index in [0.29, 0.717) is 0 Å². The summed E-state index contributed by atoms with van der Waals surface area (Å²) >= 11 is 0. The zero-order chi connectivity index (χ0) is 17.7. The molecule has 1 fully saturated rings. The van der Waals surface area contributed by atoms with E-state index < -0.39 is 30.4 Å². The van der Waals surface area contributed by atoms with Crippen molar-refractivity contribution in [1.82, 2.24) is 0 Å². The standard InChI is InChI=1S/C16H17NO7/c1-22-14(19)10-5-11(15(20)23-2)7-12(6-10)17-13(18)8-24-16(21)9-3-4-9/h5-7,9H,3-4,8H2,1-2H3,(H,17,18). The topological polar surface area (TPSA) is 108 Å². The van der Waals surface area contributed by atoms with Crippen LogP contribution in [0.4, 0.5) is 5.69 Å². The van der Waals surface area contributed by atoms with Gasteiger partial charge in [0, 0.05) is 5.69 Å². The maximum atomic E-state index is 11.8. The van der Waals surface area contributed by atoms with E-state index in [1.807, 2.05) is 0 Å². The van der Waals surface area contributed by atoms with Gasteiger partial charge in [-0.25, -0.2) is 9.59 Å². The first-order valence-corrected chi connectivity index (χ1v) is 7.22. The van der Waals surface area contributed by atoms with Crippen molar-refractivity contribution in [3.8, 4) is 0 Å². The van der Waals surface area contributed by atoms with Crippen molar-refractivity contribution in [2.75, 3.05) is 26.1 Å². The minimum atomic E-state index is -0.670. The fourth-order valence-electron chi connectivity index (χ4n) is 1.94. The van der Waals surface area contributed by atoms with Gasteiger partial charge >= 0.3 is 17.9 Å². The van der Waals surface area contributed by atoms with Crippen LogP contribution in [0, 0.1) is 5.92 Å². The summed E-state index contributed by atoms with van der Waals surface area (Å²) in [5, 5.41) is 2.46. The molecule has 1 aromatic rings. The Bertz CT molecular complexity index is 645. The van der Waals surface area contributed by atoms with Crippen LogP contribution in [0.2, 0.25) is 0 Å². The fourth-order valence-corrected chi connectivity index (χ4v) is 1.94. The largest absolute Gasteiger partial charge is 0.465 e. The van der Waals surface area contributed by atoms with E-state index in [2.05, 4.69) is 14.8 Å². The summed E-state index contributed by atoms with van der Waals surface area (Å²) in [6.45, 7) is -0.439. The van der Waals surface area contributed by atoms with Crippen LogP contribution in [0.1, 0.15) is 33.6 Å². The molecule has 1 amide bonds. The first-order chi connectivity index (χ1) is 11.4. The van der Waals surface area contributed by atoms with Crippen molar-refractivity contribution in [2.24, 2.45) is 5.92 Å². The molecule has 0 aromatic heterocycles. The predicted molar refractivity (Wildman–Crippen MR) is 81.4 cm³/mol. The summed E-state index contributed by atoms with van der Waals surface area (Å²) < 4.78 is 14.1. The summed E-state index contributed by atoms with van der Waals surface area (Å²) in [7, 11) is 2.39. The maximum absolute atomic E-state index is 11.8. The summed E-state index contributed by atoms with van der Waals surface area (Å²) in [6.07, 6.45) is 1.56. The Morgan fingerprint density at radius 3 is 2.00 bits per heavy atom. The number of carbonyl (C=O) groups is 4. The van der Waals surface area contributed by atoms with Crippen LogP contribution in [-0.4, -0.2) is 44.6 Å². The van der Waals surface area contributed by atoms with Crippen LogP contribution in [0.5, 0.6) is 0 Å². The lowest BCUT2D eigenvalue weighted by Crippen LogP contribution is -2.22. The van der Waals surface area contributed by atoms with Crippen molar-refractivity contribution in [2.45, 2.75) is 12.8 Å². The Hall–Kier alpha value is -2.90. The Kier molecular flexibility index (Phi) is 5.51. The van der Waals surface area contributed by atoms with E-state index in [9.17, 15) is 19.2 Å². The summed E-state index contributed by atoms with van der Waals surface area (Å²) in [6, 6.07) is 3.98. The van der Waals surface area contributed by atoms with Gasteiger partial charge in [-0.05, 0) is 31.0 Å². The highest BCUT2D eigenvalue weighted by Gasteiger charge is 2.31. The van der Waals surface area contributed by atoms with Gasteiger partial charge in [0.2, 0.25) is 0 Å². The van der Waals surface area contributed by atoms with E-state index in [-0.39, 0.29) is 22.7 Å². The molecular formula is C16H17NO7. The molecule has 1 saturated carbocycles. The molecule has 1 aliphatic carbocycles. The predicted octanol–water partition coefficient (Wildman–Crippen LogP) is 1.15. The van der Waals surface area contributed by atoms with Crippen molar-refractivity contribution >= 4 is 29.5 Å². The van der Waals surface area contributed by atoms with Crippen LogP contribution in [0.3, 0.4) is 0 Å². The van der Waals surface area contributed by atoms with E-state index in [0.717, 1.165) is 12.8 Å². The van der Waals surface area contributed by atoms with E-state index >= 15 is 0 Å².